The maximum absolute atomic E-state index is 12.8. The predicted molar refractivity (Wildman–Crippen MR) is 102 cm³/mol. The summed E-state index contributed by atoms with van der Waals surface area (Å²) in [4.78, 5) is 12.1. The minimum atomic E-state index is -5.00. The zero-order chi connectivity index (χ0) is 23.3. The number of hydrogen-bond donors (Lipinski definition) is 0. The van der Waals surface area contributed by atoms with E-state index in [1.165, 1.54) is 0 Å². The average molecular weight is 463 g/mol. The third kappa shape index (κ3) is 9.06. The van der Waals surface area contributed by atoms with Gasteiger partial charge in [-0.3, -0.25) is 0 Å². The molecule has 2 rings (SSSR count). The van der Waals surface area contributed by atoms with Gasteiger partial charge in [0, 0.05) is 5.92 Å². The molecule has 0 spiro atoms. The van der Waals surface area contributed by atoms with Crippen molar-refractivity contribution in [2.75, 3.05) is 12.4 Å². The molecule has 0 heterocycles. The Morgan fingerprint density at radius 3 is 2.39 bits per heavy atom. The van der Waals surface area contributed by atoms with E-state index in [-0.39, 0.29) is 11.5 Å². The van der Waals surface area contributed by atoms with Crippen LogP contribution in [0.2, 0.25) is 0 Å². The summed E-state index contributed by atoms with van der Waals surface area (Å²) in [5, 5.41) is 0. The number of esters is 1. The number of ether oxygens (including phenoxy) is 3. The molecule has 0 amide bonds. The highest BCUT2D eigenvalue weighted by molar-refractivity contribution is 7.85. The first-order valence-corrected chi connectivity index (χ1v) is 11.0. The Hall–Kier alpha value is -2.45. The SMILES string of the molecule is CC(C)(C#CC1CCCC1)Oc1cc(C(=O)OCCS(=O)(=O)[O-])ccc1OC(F)(F)F. The lowest BCUT2D eigenvalue weighted by Gasteiger charge is -2.23. The van der Waals surface area contributed by atoms with Crippen LogP contribution in [0.4, 0.5) is 13.2 Å². The summed E-state index contributed by atoms with van der Waals surface area (Å²) in [6.45, 7) is 2.44. The van der Waals surface area contributed by atoms with Gasteiger partial charge in [-0.25, -0.2) is 13.2 Å². The lowest BCUT2D eigenvalue weighted by molar-refractivity contribution is -0.275. The van der Waals surface area contributed by atoms with E-state index in [0.29, 0.717) is 0 Å². The Balaban J connectivity index is 2.23. The molecular weight excluding hydrogens is 441 g/mol. The number of halogens is 3. The molecule has 1 aliphatic rings. The predicted octanol–water partition coefficient (Wildman–Crippen LogP) is 3.64. The summed E-state index contributed by atoms with van der Waals surface area (Å²) in [7, 11) is -4.59. The summed E-state index contributed by atoms with van der Waals surface area (Å²) >= 11 is 0. The van der Waals surface area contributed by atoms with Gasteiger partial charge in [-0.2, -0.15) is 0 Å². The molecule has 7 nitrogen and oxygen atoms in total. The molecule has 0 saturated heterocycles. The van der Waals surface area contributed by atoms with E-state index in [1.54, 1.807) is 13.8 Å². The highest BCUT2D eigenvalue weighted by Gasteiger charge is 2.33. The fraction of sp³-hybridized carbons (Fsp3) is 0.550. The quantitative estimate of drug-likeness (QED) is 0.346. The van der Waals surface area contributed by atoms with Crippen molar-refractivity contribution < 1.29 is 45.1 Å². The van der Waals surface area contributed by atoms with E-state index in [1.807, 2.05) is 0 Å². The number of rotatable bonds is 7. The summed E-state index contributed by atoms with van der Waals surface area (Å²) < 4.78 is 84.3. The second-order valence-electron chi connectivity index (χ2n) is 7.47. The largest absolute Gasteiger partial charge is 0.748 e. The second-order valence-corrected chi connectivity index (χ2v) is 8.99. The Morgan fingerprint density at radius 1 is 1.16 bits per heavy atom. The molecule has 0 atom stereocenters. The molecule has 31 heavy (non-hydrogen) atoms. The van der Waals surface area contributed by atoms with Crippen LogP contribution in [0.25, 0.3) is 0 Å². The lowest BCUT2D eigenvalue weighted by Crippen LogP contribution is -2.27. The van der Waals surface area contributed by atoms with E-state index in [9.17, 15) is 30.9 Å². The van der Waals surface area contributed by atoms with Gasteiger partial charge in [-0.1, -0.05) is 24.7 Å². The minimum Gasteiger partial charge on any atom is -0.748 e. The first-order chi connectivity index (χ1) is 14.2. The first-order valence-electron chi connectivity index (χ1n) is 9.46. The topological polar surface area (TPSA) is 102 Å². The Bertz CT molecular complexity index is 953. The Kier molecular flexibility index (Phi) is 7.83. The average Bonchev–Trinajstić information content (AvgIpc) is 3.12. The maximum atomic E-state index is 12.8. The van der Waals surface area contributed by atoms with Crippen molar-refractivity contribution in [1.82, 2.24) is 0 Å². The standard InChI is InChI=1S/C20H23F3O7S/c1-19(2,10-9-14-5-3-4-6-14)29-17-13-15(7-8-16(17)30-20(21,22)23)18(24)28-11-12-31(25,26)27/h7-8,13-14H,3-6,11-12H2,1-2H3,(H,25,26,27)/p-1. The third-order valence-corrected chi connectivity index (χ3v) is 4.94. The molecule has 0 unspecified atom stereocenters. The van der Waals surface area contributed by atoms with Gasteiger partial charge in [0.25, 0.3) is 0 Å². The highest BCUT2D eigenvalue weighted by Crippen LogP contribution is 2.35. The van der Waals surface area contributed by atoms with Gasteiger partial charge >= 0.3 is 12.3 Å². The molecule has 0 aliphatic heterocycles. The van der Waals surface area contributed by atoms with Crippen LogP contribution in [0.3, 0.4) is 0 Å². The zero-order valence-corrected chi connectivity index (χ0v) is 17.8. The van der Waals surface area contributed by atoms with Crippen LogP contribution < -0.4 is 9.47 Å². The van der Waals surface area contributed by atoms with Gasteiger partial charge in [0.1, 0.15) is 6.61 Å². The summed E-state index contributed by atoms with van der Waals surface area (Å²) in [5.41, 5.74) is -1.40. The summed E-state index contributed by atoms with van der Waals surface area (Å²) in [6, 6.07) is 2.86. The molecule has 0 bridgehead atoms. The van der Waals surface area contributed by atoms with E-state index >= 15 is 0 Å². The molecule has 1 fully saturated rings. The maximum Gasteiger partial charge on any atom is 0.573 e. The number of alkyl halides is 3. The molecule has 1 aromatic carbocycles. The lowest BCUT2D eigenvalue weighted by atomic mass is 10.1. The van der Waals surface area contributed by atoms with E-state index in [4.69, 9.17) is 4.74 Å². The van der Waals surface area contributed by atoms with Gasteiger partial charge in [-0.05, 0) is 44.9 Å². The smallest absolute Gasteiger partial charge is 0.573 e. The number of carbonyl (C=O) groups is 1. The molecule has 0 aromatic heterocycles. The Morgan fingerprint density at radius 2 is 1.81 bits per heavy atom. The number of benzene rings is 1. The molecule has 1 aliphatic carbocycles. The van der Waals surface area contributed by atoms with Gasteiger partial charge in [0.15, 0.2) is 17.1 Å². The van der Waals surface area contributed by atoms with Crippen molar-refractivity contribution in [1.29, 1.82) is 0 Å². The summed E-state index contributed by atoms with van der Waals surface area (Å²) in [6.07, 6.45) is -0.954. The second kappa shape index (κ2) is 9.78. The van der Waals surface area contributed by atoms with Crippen molar-refractivity contribution in [3.63, 3.8) is 0 Å². The molecule has 11 heteroatoms. The van der Waals surface area contributed by atoms with Gasteiger partial charge in [-0.15, -0.1) is 13.2 Å². The zero-order valence-electron chi connectivity index (χ0n) is 17.0. The van der Waals surface area contributed by atoms with Crippen molar-refractivity contribution >= 4 is 16.1 Å². The first kappa shape index (κ1) is 24.8. The van der Waals surface area contributed by atoms with Crippen LogP contribution in [0, 0.1) is 17.8 Å². The Labute approximate surface area is 178 Å². The van der Waals surface area contributed by atoms with Crippen LogP contribution in [0.1, 0.15) is 49.9 Å². The highest BCUT2D eigenvalue weighted by atomic mass is 32.2. The van der Waals surface area contributed by atoms with Gasteiger partial charge in [0.2, 0.25) is 0 Å². The molecule has 1 aromatic rings. The molecule has 0 radical (unpaired) electrons. The van der Waals surface area contributed by atoms with Crippen LogP contribution in [-0.4, -0.2) is 43.3 Å². The summed E-state index contributed by atoms with van der Waals surface area (Å²) in [5.74, 6) is 3.14. The van der Waals surface area contributed by atoms with Gasteiger partial charge < -0.3 is 18.8 Å². The van der Waals surface area contributed by atoms with E-state index in [0.717, 1.165) is 43.9 Å². The van der Waals surface area contributed by atoms with Crippen molar-refractivity contribution in [3.05, 3.63) is 23.8 Å². The molecule has 0 N–H and O–H groups in total. The third-order valence-electron chi connectivity index (χ3n) is 4.27. The van der Waals surface area contributed by atoms with Crippen LogP contribution in [-0.2, 0) is 14.9 Å². The molecule has 1 saturated carbocycles. The number of hydrogen-bond acceptors (Lipinski definition) is 7. The normalized spacial score (nSPS) is 15.2. The van der Waals surface area contributed by atoms with Crippen LogP contribution in [0.5, 0.6) is 11.5 Å². The minimum absolute atomic E-state index is 0.201. The van der Waals surface area contributed by atoms with E-state index in [2.05, 4.69) is 21.3 Å². The monoisotopic (exact) mass is 463 g/mol. The number of carbonyl (C=O) groups excluding carboxylic acids is 1. The fourth-order valence-electron chi connectivity index (χ4n) is 2.89. The molecule has 172 valence electrons. The fourth-order valence-corrected chi connectivity index (χ4v) is 3.18. The van der Waals surface area contributed by atoms with Crippen molar-refractivity contribution in [2.24, 2.45) is 5.92 Å². The van der Waals surface area contributed by atoms with Crippen LogP contribution >= 0.6 is 0 Å². The van der Waals surface area contributed by atoms with Crippen molar-refractivity contribution in [3.8, 4) is 23.3 Å². The van der Waals surface area contributed by atoms with Crippen LogP contribution in [0.15, 0.2) is 18.2 Å². The van der Waals surface area contributed by atoms with E-state index < -0.39 is 51.9 Å². The van der Waals surface area contributed by atoms with Gasteiger partial charge in [0.05, 0.1) is 21.4 Å². The van der Waals surface area contributed by atoms with Crippen molar-refractivity contribution in [2.45, 2.75) is 51.5 Å². The molecular formula is C20H22F3O7S-.